The third-order valence-electron chi connectivity index (χ3n) is 4.43. The van der Waals surface area contributed by atoms with Crippen molar-refractivity contribution in [1.82, 2.24) is 15.0 Å². The van der Waals surface area contributed by atoms with E-state index in [1.54, 1.807) is 6.07 Å². The van der Waals surface area contributed by atoms with Gasteiger partial charge in [-0.2, -0.15) is 13.2 Å². The summed E-state index contributed by atoms with van der Waals surface area (Å²) in [5.41, 5.74) is 0.683. The van der Waals surface area contributed by atoms with Crippen molar-refractivity contribution in [2.75, 3.05) is 17.2 Å². The molecule has 3 heterocycles. The lowest BCUT2D eigenvalue weighted by atomic mass is 10.1. The second kappa shape index (κ2) is 10.4. The average molecular weight is 466 g/mol. The van der Waals surface area contributed by atoms with Crippen LogP contribution in [0.25, 0.3) is 0 Å². The normalized spacial score (nSPS) is 11.3. The van der Waals surface area contributed by atoms with E-state index < -0.39 is 17.6 Å². The van der Waals surface area contributed by atoms with Crippen molar-refractivity contribution in [3.05, 3.63) is 70.8 Å². The van der Waals surface area contributed by atoms with Crippen LogP contribution >= 0.6 is 11.6 Å². The third-order valence-corrected chi connectivity index (χ3v) is 4.63. The fraction of sp³-hybridized carbons (Fsp3) is 0.238. The van der Waals surface area contributed by atoms with Crippen LogP contribution in [0.5, 0.6) is 0 Å². The van der Waals surface area contributed by atoms with Crippen LogP contribution in [0.3, 0.4) is 0 Å². The van der Waals surface area contributed by atoms with Crippen molar-refractivity contribution in [2.45, 2.75) is 25.4 Å². The number of aromatic nitrogens is 3. The maximum absolute atomic E-state index is 12.7. The first kappa shape index (κ1) is 23.4. The van der Waals surface area contributed by atoms with Gasteiger partial charge >= 0.3 is 6.18 Å². The van der Waals surface area contributed by atoms with E-state index in [2.05, 4.69) is 25.6 Å². The minimum atomic E-state index is -4.48. The van der Waals surface area contributed by atoms with Gasteiger partial charge in [0, 0.05) is 24.6 Å². The molecule has 3 N–H and O–H groups in total. The fourth-order valence-electron chi connectivity index (χ4n) is 2.82. The second-order valence-corrected chi connectivity index (χ2v) is 7.17. The van der Waals surface area contributed by atoms with Crippen LogP contribution in [0.15, 0.2) is 48.9 Å². The van der Waals surface area contributed by atoms with Gasteiger partial charge in [0.1, 0.15) is 16.8 Å². The fourth-order valence-corrected chi connectivity index (χ4v) is 3.00. The Morgan fingerprint density at radius 2 is 1.84 bits per heavy atom. The molecule has 0 spiro atoms. The molecule has 0 aliphatic heterocycles. The number of rotatable bonds is 8. The molecule has 0 radical (unpaired) electrons. The van der Waals surface area contributed by atoms with E-state index in [1.165, 1.54) is 30.6 Å². The summed E-state index contributed by atoms with van der Waals surface area (Å²) >= 11 is 5.96. The number of nitrogens with zero attached hydrogens (tertiary/aromatic N) is 3. The van der Waals surface area contributed by atoms with Crippen LogP contribution in [-0.4, -0.2) is 32.6 Å². The molecule has 7 nitrogen and oxygen atoms in total. The van der Waals surface area contributed by atoms with Gasteiger partial charge in [-0.15, -0.1) is 0 Å². The first-order valence-corrected chi connectivity index (χ1v) is 9.97. The zero-order valence-electron chi connectivity index (χ0n) is 16.7. The molecule has 11 heteroatoms. The molecule has 0 aromatic carbocycles. The molecule has 1 amide bonds. The number of pyridine rings is 3. The smallest absolute Gasteiger partial charge is 0.396 e. The van der Waals surface area contributed by atoms with Gasteiger partial charge in [-0.3, -0.25) is 4.79 Å². The van der Waals surface area contributed by atoms with E-state index in [9.17, 15) is 18.0 Å². The van der Waals surface area contributed by atoms with Crippen molar-refractivity contribution >= 4 is 34.8 Å². The van der Waals surface area contributed by atoms with Gasteiger partial charge in [0.2, 0.25) is 0 Å². The monoisotopic (exact) mass is 465 g/mol. The number of unbranched alkanes of at least 4 members (excludes halogenated alkanes) is 1. The Morgan fingerprint density at radius 3 is 2.53 bits per heavy atom. The summed E-state index contributed by atoms with van der Waals surface area (Å²) in [4.78, 5) is 24.5. The molecule has 0 unspecified atom stereocenters. The summed E-state index contributed by atoms with van der Waals surface area (Å²) in [5, 5.41) is 14.8. The number of anilines is 3. The maximum Gasteiger partial charge on any atom is 0.417 e. The number of carbonyl (C=O) groups excluding carboxylic acids is 1. The van der Waals surface area contributed by atoms with Gasteiger partial charge < -0.3 is 15.7 Å². The van der Waals surface area contributed by atoms with E-state index in [0.717, 1.165) is 11.6 Å². The summed E-state index contributed by atoms with van der Waals surface area (Å²) in [6, 6.07) is 6.68. The highest BCUT2D eigenvalue weighted by molar-refractivity contribution is 6.29. The molecule has 0 atom stereocenters. The van der Waals surface area contributed by atoms with Crippen molar-refractivity contribution in [3.8, 4) is 0 Å². The molecular weight excluding hydrogens is 447 g/mol. The first-order chi connectivity index (χ1) is 15.3. The molecule has 3 rings (SSSR count). The summed E-state index contributed by atoms with van der Waals surface area (Å²) in [5.74, 6) is -0.0400. The number of hydrogen-bond acceptors (Lipinski definition) is 6. The highest BCUT2D eigenvalue weighted by Gasteiger charge is 2.30. The molecule has 32 heavy (non-hydrogen) atoms. The average Bonchev–Trinajstić information content (AvgIpc) is 2.75. The van der Waals surface area contributed by atoms with Crippen molar-refractivity contribution in [3.63, 3.8) is 0 Å². The molecule has 0 aliphatic rings. The molecule has 0 saturated heterocycles. The zero-order chi connectivity index (χ0) is 23.1. The number of aryl methyl sites for hydroxylation is 1. The summed E-state index contributed by atoms with van der Waals surface area (Å²) in [6.07, 6.45) is 1.01. The van der Waals surface area contributed by atoms with Crippen molar-refractivity contribution in [2.24, 2.45) is 0 Å². The van der Waals surface area contributed by atoms with Gasteiger partial charge in [0.05, 0.1) is 17.4 Å². The van der Waals surface area contributed by atoms with Gasteiger partial charge in [0.25, 0.3) is 5.91 Å². The number of carbonyl (C=O) groups is 1. The molecular formula is C21H19ClF3N5O2. The van der Waals surface area contributed by atoms with E-state index in [-0.39, 0.29) is 23.8 Å². The molecule has 0 bridgehead atoms. The molecule has 0 saturated carbocycles. The summed E-state index contributed by atoms with van der Waals surface area (Å²) in [7, 11) is 0. The quantitative estimate of drug-likeness (QED) is 0.324. The minimum Gasteiger partial charge on any atom is -0.396 e. The largest absolute Gasteiger partial charge is 0.417 e. The van der Waals surface area contributed by atoms with Gasteiger partial charge in [0.15, 0.2) is 0 Å². The third kappa shape index (κ3) is 6.38. The van der Waals surface area contributed by atoms with Crippen LogP contribution in [0, 0.1) is 0 Å². The number of hydrogen-bond donors (Lipinski definition) is 3. The van der Waals surface area contributed by atoms with E-state index in [1.807, 2.05) is 0 Å². The molecule has 3 aromatic heterocycles. The van der Waals surface area contributed by atoms with Crippen LogP contribution in [-0.2, 0) is 12.6 Å². The highest BCUT2D eigenvalue weighted by atomic mass is 35.5. The van der Waals surface area contributed by atoms with Gasteiger partial charge in [-0.1, -0.05) is 11.6 Å². The second-order valence-electron chi connectivity index (χ2n) is 6.78. The topological polar surface area (TPSA) is 100 Å². The number of aliphatic hydroxyl groups is 1. The van der Waals surface area contributed by atoms with E-state index >= 15 is 0 Å². The molecule has 0 fully saturated rings. The lowest BCUT2D eigenvalue weighted by molar-refractivity contribution is -0.137. The Labute approximate surface area is 186 Å². The minimum absolute atomic E-state index is 0.0705. The zero-order valence-corrected chi connectivity index (χ0v) is 17.4. The number of nitrogens with one attached hydrogen (secondary N) is 2. The Bertz CT molecular complexity index is 1080. The number of aliphatic hydroxyl groups excluding tert-OH is 1. The van der Waals surface area contributed by atoms with E-state index in [0.29, 0.717) is 36.3 Å². The lowest BCUT2D eigenvalue weighted by Crippen LogP contribution is -2.14. The van der Waals surface area contributed by atoms with Gasteiger partial charge in [-0.05, 0) is 55.2 Å². The number of alkyl halides is 3. The number of halogens is 4. The Morgan fingerprint density at radius 1 is 1.03 bits per heavy atom. The van der Waals surface area contributed by atoms with Crippen LogP contribution in [0.1, 0.15) is 34.3 Å². The van der Waals surface area contributed by atoms with E-state index in [4.69, 9.17) is 16.7 Å². The predicted octanol–water partition coefficient (Wildman–Crippen LogP) is 4.85. The summed E-state index contributed by atoms with van der Waals surface area (Å²) < 4.78 is 38.0. The maximum atomic E-state index is 12.7. The van der Waals surface area contributed by atoms with Crippen LogP contribution < -0.4 is 10.6 Å². The lowest BCUT2D eigenvalue weighted by Gasteiger charge is -2.12. The first-order valence-electron chi connectivity index (χ1n) is 9.59. The Hall–Kier alpha value is -3.24. The highest BCUT2D eigenvalue weighted by Crippen LogP contribution is 2.29. The standard InChI is InChI=1S/C21H19ClF3N5O2/c22-17-9-13(3-1-2-8-31)16(12-27-17)29-20(32)14-6-7-26-19(10-14)30-18-5-4-15(11-28-18)21(23,24)25/h4-7,9-12,31H,1-3,8H2,(H,29,32)(H,26,28,30). The predicted molar refractivity (Wildman–Crippen MR) is 114 cm³/mol. The number of amides is 1. The molecule has 3 aromatic rings. The van der Waals surface area contributed by atoms with Gasteiger partial charge in [-0.25, -0.2) is 15.0 Å². The summed E-state index contributed by atoms with van der Waals surface area (Å²) in [6.45, 7) is 0.0705. The Kier molecular flexibility index (Phi) is 7.60. The SMILES string of the molecule is O=C(Nc1cnc(Cl)cc1CCCCO)c1ccnc(Nc2ccc(C(F)(F)F)cn2)c1. The molecule has 0 aliphatic carbocycles. The van der Waals surface area contributed by atoms with Crippen LogP contribution in [0.2, 0.25) is 5.15 Å². The van der Waals surface area contributed by atoms with Crippen molar-refractivity contribution < 1.29 is 23.1 Å². The Balaban J connectivity index is 1.72. The molecule has 168 valence electrons. The van der Waals surface area contributed by atoms with Crippen LogP contribution in [0.4, 0.5) is 30.5 Å². The van der Waals surface area contributed by atoms with Crippen molar-refractivity contribution in [1.29, 1.82) is 0 Å².